The molecule has 0 aromatic heterocycles. The van der Waals surface area contributed by atoms with Crippen molar-refractivity contribution in [2.24, 2.45) is 0 Å². The molecule has 0 saturated carbocycles. The normalized spacial score (nSPS) is 11.2. The number of nitrogens with zero attached hydrogens (tertiary/aromatic N) is 2. The minimum absolute atomic E-state index is 0.0851. The van der Waals surface area contributed by atoms with Crippen molar-refractivity contribution in [3.05, 3.63) is 126 Å². The van der Waals surface area contributed by atoms with Gasteiger partial charge in [0, 0.05) is 11.3 Å². The van der Waals surface area contributed by atoms with Gasteiger partial charge in [0.2, 0.25) is 0 Å². The van der Waals surface area contributed by atoms with Crippen LogP contribution in [0.15, 0.2) is 109 Å². The van der Waals surface area contributed by atoms with E-state index < -0.39 is 0 Å². The van der Waals surface area contributed by atoms with Gasteiger partial charge in [-0.15, -0.1) is 0 Å². The topological polar surface area (TPSA) is 62.9 Å². The summed E-state index contributed by atoms with van der Waals surface area (Å²) >= 11 is 0. The Labute approximate surface area is 188 Å². The summed E-state index contributed by atoms with van der Waals surface area (Å²) in [5.74, 6) is 0.369. The number of benzene rings is 4. The first-order valence-corrected chi connectivity index (χ1v) is 10.5. The summed E-state index contributed by atoms with van der Waals surface area (Å²) < 4.78 is 0. The quantitative estimate of drug-likeness (QED) is 0.266. The van der Waals surface area contributed by atoms with Crippen molar-refractivity contribution in [1.29, 1.82) is 10.7 Å². The van der Waals surface area contributed by atoms with Crippen LogP contribution in [0.1, 0.15) is 29.7 Å². The third-order valence-electron chi connectivity index (χ3n) is 5.41. The molecular weight excluding hydrogens is 392 g/mol. The number of para-hydroxylation sites is 3. The van der Waals surface area contributed by atoms with Gasteiger partial charge in [-0.25, -0.2) is 0 Å². The Hall–Kier alpha value is -4.36. The first kappa shape index (κ1) is 20.9. The highest BCUT2D eigenvalue weighted by Gasteiger charge is 2.24. The van der Waals surface area contributed by atoms with Crippen molar-refractivity contribution in [3.63, 3.8) is 0 Å². The van der Waals surface area contributed by atoms with Crippen LogP contribution in [0.2, 0.25) is 0 Å². The molecule has 4 aromatic rings. The van der Waals surface area contributed by atoms with Gasteiger partial charge in [0.15, 0.2) is 0 Å². The first-order chi connectivity index (χ1) is 15.7. The molecule has 2 N–H and O–H groups in total. The third kappa shape index (κ3) is 4.53. The first-order valence-electron chi connectivity index (χ1n) is 10.5. The number of amidine groups is 1. The maximum atomic E-state index is 9.15. The summed E-state index contributed by atoms with van der Waals surface area (Å²) in [4.78, 5) is 2.03. The van der Waals surface area contributed by atoms with E-state index in [2.05, 4.69) is 30.4 Å². The van der Waals surface area contributed by atoms with Crippen LogP contribution in [0, 0.1) is 16.7 Å². The van der Waals surface area contributed by atoms with Crippen molar-refractivity contribution in [2.45, 2.75) is 13.0 Å². The van der Waals surface area contributed by atoms with Crippen LogP contribution in [0.5, 0.6) is 0 Å². The maximum absolute atomic E-state index is 9.15. The SMILES string of the molecule is CC(c1ccccc1)N(C(=N)c1ccc(C#N)cc1)c1ccccc1Nc1ccccc1. The van der Waals surface area contributed by atoms with Gasteiger partial charge in [0.1, 0.15) is 5.84 Å². The second-order valence-electron chi connectivity index (χ2n) is 7.50. The van der Waals surface area contributed by atoms with Crippen molar-refractivity contribution in [2.75, 3.05) is 10.2 Å². The minimum atomic E-state index is -0.0851. The van der Waals surface area contributed by atoms with Gasteiger partial charge in [-0.05, 0) is 61.0 Å². The molecule has 4 aromatic carbocycles. The van der Waals surface area contributed by atoms with E-state index in [4.69, 9.17) is 10.7 Å². The Balaban J connectivity index is 1.79. The molecular formula is C28H24N4. The van der Waals surface area contributed by atoms with Crippen molar-refractivity contribution in [1.82, 2.24) is 0 Å². The lowest BCUT2D eigenvalue weighted by Crippen LogP contribution is -2.34. The van der Waals surface area contributed by atoms with Gasteiger partial charge in [-0.1, -0.05) is 60.7 Å². The highest BCUT2D eigenvalue weighted by molar-refractivity contribution is 6.10. The van der Waals surface area contributed by atoms with Crippen LogP contribution in [0.4, 0.5) is 17.1 Å². The molecule has 0 bridgehead atoms. The number of rotatable bonds is 6. The summed E-state index contributed by atoms with van der Waals surface area (Å²) in [7, 11) is 0. The zero-order chi connectivity index (χ0) is 22.3. The molecule has 4 heteroatoms. The summed E-state index contributed by atoms with van der Waals surface area (Å²) in [6.07, 6.45) is 0. The summed E-state index contributed by atoms with van der Waals surface area (Å²) in [6, 6.07) is 37.5. The molecule has 0 saturated heterocycles. The van der Waals surface area contributed by atoms with Gasteiger partial charge in [-0.2, -0.15) is 5.26 Å². The molecule has 0 fully saturated rings. The predicted octanol–water partition coefficient (Wildman–Crippen LogP) is 6.90. The number of anilines is 3. The Morgan fingerprint density at radius 3 is 2.06 bits per heavy atom. The van der Waals surface area contributed by atoms with E-state index in [-0.39, 0.29) is 6.04 Å². The zero-order valence-electron chi connectivity index (χ0n) is 17.9. The van der Waals surface area contributed by atoms with E-state index in [1.807, 2.05) is 89.8 Å². The molecule has 0 aliphatic heterocycles. The average Bonchev–Trinajstić information content (AvgIpc) is 2.86. The van der Waals surface area contributed by atoms with E-state index in [1.165, 1.54) is 0 Å². The molecule has 4 rings (SSSR count). The van der Waals surface area contributed by atoms with Crippen LogP contribution in [0.25, 0.3) is 0 Å². The Morgan fingerprint density at radius 2 is 1.41 bits per heavy atom. The molecule has 0 aliphatic rings. The molecule has 1 atom stereocenters. The summed E-state index contributed by atoms with van der Waals surface area (Å²) in [5.41, 5.74) is 5.25. The van der Waals surface area contributed by atoms with Crippen molar-refractivity contribution >= 4 is 22.9 Å². The Morgan fingerprint density at radius 1 is 0.812 bits per heavy atom. The second-order valence-corrected chi connectivity index (χ2v) is 7.50. The number of nitriles is 1. The smallest absolute Gasteiger partial charge is 0.133 e. The van der Waals surface area contributed by atoms with E-state index >= 15 is 0 Å². The van der Waals surface area contributed by atoms with Crippen molar-refractivity contribution < 1.29 is 0 Å². The van der Waals surface area contributed by atoms with E-state index in [0.29, 0.717) is 11.4 Å². The lowest BCUT2D eigenvalue weighted by molar-refractivity contribution is 0.789. The van der Waals surface area contributed by atoms with Gasteiger partial charge >= 0.3 is 0 Å². The van der Waals surface area contributed by atoms with Crippen LogP contribution in [-0.2, 0) is 0 Å². The van der Waals surface area contributed by atoms with Crippen LogP contribution >= 0.6 is 0 Å². The number of hydrogen-bond donors (Lipinski definition) is 2. The monoisotopic (exact) mass is 416 g/mol. The number of hydrogen-bond acceptors (Lipinski definition) is 3. The highest BCUT2D eigenvalue weighted by atomic mass is 15.2. The van der Waals surface area contributed by atoms with Crippen LogP contribution in [-0.4, -0.2) is 5.84 Å². The zero-order valence-corrected chi connectivity index (χ0v) is 17.9. The molecule has 156 valence electrons. The molecule has 32 heavy (non-hydrogen) atoms. The molecule has 0 spiro atoms. The fourth-order valence-electron chi connectivity index (χ4n) is 3.71. The second kappa shape index (κ2) is 9.63. The van der Waals surface area contributed by atoms with Crippen LogP contribution < -0.4 is 10.2 Å². The summed E-state index contributed by atoms with van der Waals surface area (Å²) in [5, 5.41) is 21.8. The summed E-state index contributed by atoms with van der Waals surface area (Å²) in [6.45, 7) is 2.10. The average molecular weight is 417 g/mol. The van der Waals surface area contributed by atoms with Gasteiger partial charge in [0.25, 0.3) is 0 Å². The Kier molecular flexibility index (Phi) is 6.29. The highest BCUT2D eigenvalue weighted by Crippen LogP contribution is 2.35. The van der Waals surface area contributed by atoms with Gasteiger partial charge in [-0.3, -0.25) is 5.41 Å². The minimum Gasteiger partial charge on any atom is -0.354 e. The van der Waals surface area contributed by atoms with Crippen LogP contribution in [0.3, 0.4) is 0 Å². The third-order valence-corrected chi connectivity index (χ3v) is 5.41. The molecule has 0 amide bonds. The molecule has 0 heterocycles. The lowest BCUT2D eigenvalue weighted by atomic mass is 10.0. The molecule has 0 aliphatic carbocycles. The Bertz CT molecular complexity index is 1230. The lowest BCUT2D eigenvalue weighted by Gasteiger charge is -2.33. The maximum Gasteiger partial charge on any atom is 0.133 e. The van der Waals surface area contributed by atoms with Gasteiger partial charge < -0.3 is 10.2 Å². The number of nitrogens with one attached hydrogen (secondary N) is 2. The molecule has 4 nitrogen and oxygen atoms in total. The van der Waals surface area contributed by atoms with Gasteiger partial charge in [0.05, 0.1) is 29.0 Å². The largest absolute Gasteiger partial charge is 0.354 e. The fraction of sp³-hybridized carbons (Fsp3) is 0.0714. The molecule has 1 unspecified atom stereocenters. The standard InChI is InChI=1S/C28H24N4/c1-21(23-10-4-2-5-11-23)32(28(30)24-18-16-22(20-29)17-19-24)27-15-9-8-14-26(27)31-25-12-6-3-7-13-25/h2-19,21,30-31H,1H3. The van der Waals surface area contributed by atoms with E-state index in [1.54, 1.807) is 12.1 Å². The molecule has 0 radical (unpaired) electrons. The fourth-order valence-corrected chi connectivity index (χ4v) is 3.71. The van der Waals surface area contributed by atoms with E-state index in [9.17, 15) is 0 Å². The van der Waals surface area contributed by atoms with Crippen molar-refractivity contribution in [3.8, 4) is 6.07 Å². The van der Waals surface area contributed by atoms with E-state index in [0.717, 1.165) is 28.2 Å². The predicted molar refractivity (Wildman–Crippen MR) is 131 cm³/mol.